The van der Waals surface area contributed by atoms with Crippen molar-refractivity contribution in [3.05, 3.63) is 59.9 Å². The summed E-state index contributed by atoms with van der Waals surface area (Å²) < 4.78 is 46.4. The summed E-state index contributed by atoms with van der Waals surface area (Å²) >= 11 is 0. The average molecular weight is 424 g/mol. The van der Waals surface area contributed by atoms with Crippen LogP contribution in [0, 0.1) is 5.82 Å². The molecule has 2 rings (SSSR count). The van der Waals surface area contributed by atoms with Crippen LogP contribution in [0.25, 0.3) is 0 Å². The first-order valence-corrected chi connectivity index (χ1v) is 10.5. The highest BCUT2D eigenvalue weighted by Crippen LogP contribution is 2.22. The van der Waals surface area contributed by atoms with Gasteiger partial charge in [-0.3, -0.25) is 4.79 Å². The highest BCUT2D eigenvalue weighted by atomic mass is 32.2. The number of benzene rings is 2. The van der Waals surface area contributed by atoms with Crippen LogP contribution in [0.5, 0.6) is 5.75 Å². The number of ether oxygens (including phenoxy) is 1. The maximum absolute atomic E-state index is 14.2. The zero-order valence-electron chi connectivity index (χ0n) is 16.8. The van der Waals surface area contributed by atoms with Crippen molar-refractivity contribution in [3.63, 3.8) is 0 Å². The Morgan fingerprint density at radius 3 is 2.41 bits per heavy atom. The molecule has 0 aliphatic heterocycles. The summed E-state index contributed by atoms with van der Waals surface area (Å²) in [6.45, 7) is -0.167. The molecular weight excluding hydrogens is 397 g/mol. The molecule has 0 atom stereocenters. The molecule has 0 heterocycles. The number of aryl methyl sites for hydroxylation is 1. The van der Waals surface area contributed by atoms with Crippen molar-refractivity contribution in [2.75, 3.05) is 38.6 Å². The van der Waals surface area contributed by atoms with E-state index in [-0.39, 0.29) is 5.69 Å². The first kappa shape index (κ1) is 22.6. The van der Waals surface area contributed by atoms with Crippen LogP contribution in [0.4, 0.5) is 10.1 Å². The SMILES string of the molecule is COc1ccccc1CCCNC(=O)CN(c1ccccc1F)S(=O)(=O)N(C)C. The Kier molecular flexibility index (Phi) is 7.98. The molecule has 9 heteroatoms. The number of nitrogens with zero attached hydrogens (tertiary/aromatic N) is 2. The van der Waals surface area contributed by atoms with Crippen molar-refractivity contribution in [2.45, 2.75) is 12.8 Å². The van der Waals surface area contributed by atoms with E-state index >= 15 is 0 Å². The number of methoxy groups -OCH3 is 1. The Bertz CT molecular complexity index is 935. The van der Waals surface area contributed by atoms with E-state index in [1.807, 2.05) is 24.3 Å². The maximum atomic E-state index is 14.2. The van der Waals surface area contributed by atoms with Crippen molar-refractivity contribution in [1.82, 2.24) is 9.62 Å². The number of hydrogen-bond acceptors (Lipinski definition) is 4. The fourth-order valence-corrected chi connectivity index (χ4v) is 3.82. The predicted molar refractivity (Wildman–Crippen MR) is 111 cm³/mol. The van der Waals surface area contributed by atoms with Gasteiger partial charge in [0, 0.05) is 20.6 Å². The van der Waals surface area contributed by atoms with Crippen LogP contribution in [0.1, 0.15) is 12.0 Å². The lowest BCUT2D eigenvalue weighted by Crippen LogP contribution is -2.46. The van der Waals surface area contributed by atoms with E-state index < -0.39 is 28.5 Å². The minimum atomic E-state index is -4.04. The number of carbonyl (C=O) groups is 1. The third kappa shape index (κ3) is 5.91. The molecule has 0 saturated carbocycles. The van der Waals surface area contributed by atoms with Gasteiger partial charge in [0.1, 0.15) is 18.1 Å². The number of carbonyl (C=O) groups excluding carboxylic acids is 1. The van der Waals surface area contributed by atoms with E-state index in [0.29, 0.717) is 19.4 Å². The van der Waals surface area contributed by atoms with Crippen LogP contribution in [0.15, 0.2) is 48.5 Å². The summed E-state index contributed by atoms with van der Waals surface area (Å²) in [5.74, 6) is -0.456. The van der Waals surface area contributed by atoms with E-state index in [1.54, 1.807) is 7.11 Å². The lowest BCUT2D eigenvalue weighted by molar-refractivity contribution is -0.119. The van der Waals surface area contributed by atoms with Gasteiger partial charge in [-0.15, -0.1) is 0 Å². The predicted octanol–water partition coefficient (Wildman–Crippen LogP) is 2.20. The first-order valence-electron chi connectivity index (χ1n) is 9.10. The highest BCUT2D eigenvalue weighted by Gasteiger charge is 2.29. The standard InChI is InChI=1S/C20H26FN3O4S/c1-23(2)29(26,27)24(18-12-6-5-11-17(18)21)15-20(25)22-14-8-10-16-9-4-7-13-19(16)28-3/h4-7,9,11-13H,8,10,14-15H2,1-3H3,(H,22,25). The number of hydrogen-bond donors (Lipinski definition) is 1. The second-order valence-corrected chi connectivity index (χ2v) is 8.58. The molecule has 0 fully saturated rings. The first-order chi connectivity index (χ1) is 13.8. The molecule has 1 amide bonds. The lowest BCUT2D eigenvalue weighted by Gasteiger charge is -2.27. The zero-order chi connectivity index (χ0) is 21.4. The normalized spacial score (nSPS) is 11.3. The van der Waals surface area contributed by atoms with Gasteiger partial charge in [0.25, 0.3) is 0 Å². The van der Waals surface area contributed by atoms with Gasteiger partial charge >= 0.3 is 10.2 Å². The third-order valence-corrected chi connectivity index (χ3v) is 6.09. The summed E-state index contributed by atoms with van der Waals surface area (Å²) in [6.07, 6.45) is 1.34. The Morgan fingerprint density at radius 2 is 1.76 bits per heavy atom. The van der Waals surface area contributed by atoms with E-state index in [0.717, 1.165) is 26.0 Å². The number of para-hydroxylation sites is 2. The molecule has 2 aromatic carbocycles. The van der Waals surface area contributed by atoms with Crippen LogP contribution >= 0.6 is 0 Å². The molecule has 0 spiro atoms. The third-order valence-electron chi connectivity index (χ3n) is 4.29. The Morgan fingerprint density at radius 1 is 1.10 bits per heavy atom. The number of anilines is 1. The molecule has 29 heavy (non-hydrogen) atoms. The van der Waals surface area contributed by atoms with Gasteiger partial charge in [-0.25, -0.2) is 8.70 Å². The van der Waals surface area contributed by atoms with E-state index in [1.165, 1.54) is 32.3 Å². The Balaban J connectivity index is 2.00. The molecule has 0 bridgehead atoms. The summed E-state index contributed by atoms with van der Waals surface area (Å²) in [5, 5.41) is 2.69. The second-order valence-electron chi connectivity index (χ2n) is 6.51. The summed E-state index contributed by atoms with van der Waals surface area (Å²) in [7, 11) is 0.213. The quantitative estimate of drug-likeness (QED) is 0.594. The molecule has 0 radical (unpaired) electrons. The minimum absolute atomic E-state index is 0.176. The smallest absolute Gasteiger partial charge is 0.304 e. The number of nitrogens with one attached hydrogen (secondary N) is 1. The van der Waals surface area contributed by atoms with Crippen molar-refractivity contribution in [3.8, 4) is 5.75 Å². The second kappa shape index (κ2) is 10.2. The molecule has 0 saturated heterocycles. The Hall–Kier alpha value is -2.65. The van der Waals surface area contributed by atoms with E-state index in [4.69, 9.17) is 4.74 Å². The van der Waals surface area contributed by atoms with Crippen LogP contribution in [-0.4, -0.2) is 52.9 Å². The molecule has 0 aliphatic rings. The molecule has 7 nitrogen and oxygen atoms in total. The van der Waals surface area contributed by atoms with Gasteiger partial charge in [0.05, 0.1) is 12.8 Å². The van der Waals surface area contributed by atoms with Gasteiger partial charge in [0.2, 0.25) is 5.91 Å². The van der Waals surface area contributed by atoms with Crippen molar-refractivity contribution in [2.24, 2.45) is 0 Å². The summed E-state index contributed by atoms with van der Waals surface area (Å²) in [4.78, 5) is 12.4. The highest BCUT2D eigenvalue weighted by molar-refractivity contribution is 7.90. The van der Waals surface area contributed by atoms with Crippen LogP contribution in [0.3, 0.4) is 0 Å². The lowest BCUT2D eigenvalue weighted by atomic mass is 10.1. The number of rotatable bonds is 10. The minimum Gasteiger partial charge on any atom is -0.496 e. The van der Waals surface area contributed by atoms with Gasteiger partial charge in [-0.05, 0) is 36.6 Å². The Labute approximate surface area is 171 Å². The zero-order valence-corrected chi connectivity index (χ0v) is 17.6. The molecule has 2 aromatic rings. The van der Waals surface area contributed by atoms with Crippen LogP contribution in [-0.2, 0) is 21.4 Å². The van der Waals surface area contributed by atoms with Gasteiger partial charge in [0.15, 0.2) is 0 Å². The maximum Gasteiger partial charge on any atom is 0.304 e. The van der Waals surface area contributed by atoms with Gasteiger partial charge in [-0.2, -0.15) is 12.7 Å². The average Bonchev–Trinajstić information content (AvgIpc) is 2.70. The molecular formula is C20H26FN3O4S. The van der Waals surface area contributed by atoms with Crippen LogP contribution < -0.4 is 14.4 Å². The van der Waals surface area contributed by atoms with Gasteiger partial charge in [-0.1, -0.05) is 30.3 Å². The van der Waals surface area contributed by atoms with Crippen molar-refractivity contribution < 1.29 is 22.3 Å². The molecule has 1 N–H and O–H groups in total. The van der Waals surface area contributed by atoms with Crippen molar-refractivity contribution in [1.29, 1.82) is 0 Å². The fraction of sp³-hybridized carbons (Fsp3) is 0.350. The molecule has 0 aromatic heterocycles. The van der Waals surface area contributed by atoms with E-state index in [9.17, 15) is 17.6 Å². The van der Waals surface area contributed by atoms with Gasteiger partial charge < -0.3 is 10.1 Å². The van der Waals surface area contributed by atoms with Crippen molar-refractivity contribution >= 4 is 21.8 Å². The topological polar surface area (TPSA) is 79.0 Å². The molecule has 0 aliphatic carbocycles. The summed E-state index contributed by atoms with van der Waals surface area (Å²) in [6, 6.07) is 13.1. The fourth-order valence-electron chi connectivity index (χ4n) is 2.74. The number of amides is 1. The summed E-state index contributed by atoms with van der Waals surface area (Å²) in [5.41, 5.74) is 0.845. The van der Waals surface area contributed by atoms with E-state index in [2.05, 4.69) is 5.32 Å². The monoisotopic (exact) mass is 423 g/mol. The number of halogens is 1. The molecule has 0 unspecified atom stereocenters. The van der Waals surface area contributed by atoms with Crippen LogP contribution in [0.2, 0.25) is 0 Å². The molecule has 158 valence electrons. The largest absolute Gasteiger partial charge is 0.496 e.